The highest BCUT2D eigenvalue weighted by atomic mass is 35.5. The molecule has 0 atom stereocenters. The minimum atomic E-state index is -0.558. The van der Waals surface area contributed by atoms with Crippen molar-refractivity contribution in [3.63, 3.8) is 0 Å². The van der Waals surface area contributed by atoms with E-state index in [9.17, 15) is 4.79 Å². The summed E-state index contributed by atoms with van der Waals surface area (Å²) in [5.74, 6) is -0.108. The molecule has 4 nitrogen and oxygen atoms in total. The lowest BCUT2D eigenvalue weighted by Crippen LogP contribution is -2.13. The van der Waals surface area contributed by atoms with Gasteiger partial charge in [-0.05, 0) is 37.5 Å². The minimum absolute atomic E-state index is 0.188. The van der Waals surface area contributed by atoms with Crippen molar-refractivity contribution in [2.75, 3.05) is 13.2 Å². The third kappa shape index (κ3) is 4.63. The zero-order valence-corrected chi connectivity index (χ0v) is 10.2. The maximum absolute atomic E-state index is 11.2. The van der Waals surface area contributed by atoms with E-state index in [4.69, 9.17) is 27.2 Å². The van der Waals surface area contributed by atoms with E-state index in [0.29, 0.717) is 22.9 Å². The van der Waals surface area contributed by atoms with Crippen LogP contribution in [0.25, 0.3) is 0 Å². The molecule has 0 radical (unpaired) electrons. The van der Waals surface area contributed by atoms with Crippen LogP contribution in [0.3, 0.4) is 0 Å². The quantitative estimate of drug-likeness (QED) is 0.734. The number of aliphatic hydroxyl groups excluding tert-OH is 1. The summed E-state index contributed by atoms with van der Waals surface area (Å²) in [7, 11) is 0. The van der Waals surface area contributed by atoms with Crippen LogP contribution in [0.5, 0.6) is 5.75 Å². The van der Waals surface area contributed by atoms with E-state index in [0.717, 1.165) is 19.3 Å². The van der Waals surface area contributed by atoms with Crippen LogP contribution in [-0.4, -0.2) is 24.2 Å². The number of aliphatic hydroxyl groups is 1. The maximum atomic E-state index is 11.2. The van der Waals surface area contributed by atoms with Crippen LogP contribution in [-0.2, 0) is 0 Å². The molecular formula is C12H16ClNO3. The standard InChI is InChI=1S/C12H16ClNO3/c13-9-4-5-11(10(8-9)12(14)16)17-7-3-1-2-6-15/h4-5,8,15H,1-3,6-7H2,(H2,14,16). The summed E-state index contributed by atoms with van der Waals surface area (Å²) >= 11 is 5.77. The van der Waals surface area contributed by atoms with E-state index in [1.54, 1.807) is 12.1 Å². The first-order valence-electron chi connectivity index (χ1n) is 5.48. The first-order chi connectivity index (χ1) is 8.15. The van der Waals surface area contributed by atoms with Gasteiger partial charge in [-0.2, -0.15) is 0 Å². The Balaban J connectivity index is 2.55. The topological polar surface area (TPSA) is 72.6 Å². The van der Waals surface area contributed by atoms with Crippen LogP contribution in [0.2, 0.25) is 5.02 Å². The summed E-state index contributed by atoms with van der Waals surface area (Å²) in [6.45, 7) is 0.676. The van der Waals surface area contributed by atoms with Crippen molar-refractivity contribution < 1.29 is 14.6 Å². The summed E-state index contributed by atoms with van der Waals surface area (Å²) in [5.41, 5.74) is 5.52. The molecular weight excluding hydrogens is 242 g/mol. The van der Waals surface area contributed by atoms with Gasteiger partial charge in [0.25, 0.3) is 5.91 Å². The molecule has 0 saturated carbocycles. The third-order valence-electron chi connectivity index (χ3n) is 2.27. The molecule has 0 fully saturated rings. The van der Waals surface area contributed by atoms with Crippen molar-refractivity contribution in [1.82, 2.24) is 0 Å². The molecule has 3 N–H and O–H groups in total. The fraction of sp³-hybridized carbons (Fsp3) is 0.417. The summed E-state index contributed by atoms with van der Waals surface area (Å²) in [5, 5.41) is 9.06. The Bertz CT molecular complexity index is 382. The van der Waals surface area contributed by atoms with Crippen LogP contribution in [0.1, 0.15) is 29.6 Å². The maximum Gasteiger partial charge on any atom is 0.252 e. The van der Waals surface area contributed by atoms with E-state index in [-0.39, 0.29) is 6.61 Å². The van der Waals surface area contributed by atoms with E-state index in [1.165, 1.54) is 6.07 Å². The zero-order chi connectivity index (χ0) is 12.7. The second-order valence-electron chi connectivity index (χ2n) is 3.64. The first kappa shape index (κ1) is 13.8. The Kier molecular flexibility index (Phi) is 5.80. The predicted octanol–water partition coefficient (Wildman–Crippen LogP) is 1.98. The van der Waals surface area contributed by atoms with Crippen LogP contribution in [0.15, 0.2) is 18.2 Å². The van der Waals surface area contributed by atoms with Gasteiger partial charge in [0.2, 0.25) is 0 Å². The smallest absolute Gasteiger partial charge is 0.252 e. The van der Waals surface area contributed by atoms with Gasteiger partial charge in [0.1, 0.15) is 5.75 Å². The van der Waals surface area contributed by atoms with Gasteiger partial charge in [-0.1, -0.05) is 11.6 Å². The Morgan fingerprint density at radius 3 is 2.76 bits per heavy atom. The zero-order valence-electron chi connectivity index (χ0n) is 9.49. The number of rotatable bonds is 7. The van der Waals surface area contributed by atoms with Gasteiger partial charge in [0.15, 0.2) is 0 Å². The van der Waals surface area contributed by atoms with Gasteiger partial charge >= 0.3 is 0 Å². The van der Waals surface area contributed by atoms with Crippen molar-refractivity contribution in [3.8, 4) is 5.75 Å². The second-order valence-corrected chi connectivity index (χ2v) is 4.07. The molecule has 0 aromatic heterocycles. The Morgan fingerprint density at radius 2 is 2.12 bits per heavy atom. The van der Waals surface area contributed by atoms with Crippen molar-refractivity contribution in [2.24, 2.45) is 5.73 Å². The van der Waals surface area contributed by atoms with Crippen molar-refractivity contribution in [2.45, 2.75) is 19.3 Å². The molecule has 0 heterocycles. The molecule has 0 aliphatic heterocycles. The van der Waals surface area contributed by atoms with Crippen molar-refractivity contribution >= 4 is 17.5 Å². The number of unbranched alkanes of at least 4 members (excludes halogenated alkanes) is 2. The third-order valence-corrected chi connectivity index (χ3v) is 2.50. The first-order valence-corrected chi connectivity index (χ1v) is 5.86. The van der Waals surface area contributed by atoms with E-state index < -0.39 is 5.91 Å². The lowest BCUT2D eigenvalue weighted by Gasteiger charge is -2.09. The average molecular weight is 258 g/mol. The number of carbonyl (C=O) groups is 1. The number of hydrogen-bond donors (Lipinski definition) is 2. The fourth-order valence-electron chi connectivity index (χ4n) is 1.39. The molecule has 0 saturated heterocycles. The molecule has 1 amide bonds. The van der Waals surface area contributed by atoms with Gasteiger partial charge in [-0.25, -0.2) is 0 Å². The Morgan fingerprint density at radius 1 is 1.35 bits per heavy atom. The molecule has 0 aliphatic rings. The van der Waals surface area contributed by atoms with Crippen LogP contribution >= 0.6 is 11.6 Å². The summed E-state index contributed by atoms with van der Waals surface area (Å²) < 4.78 is 5.46. The van der Waals surface area contributed by atoms with Crippen LogP contribution < -0.4 is 10.5 Å². The van der Waals surface area contributed by atoms with Gasteiger partial charge in [-0.15, -0.1) is 0 Å². The molecule has 94 valence electrons. The van der Waals surface area contributed by atoms with Gasteiger partial charge < -0.3 is 15.6 Å². The largest absolute Gasteiger partial charge is 0.493 e. The highest BCUT2D eigenvalue weighted by Crippen LogP contribution is 2.22. The number of ether oxygens (including phenoxy) is 1. The number of halogens is 1. The highest BCUT2D eigenvalue weighted by molar-refractivity contribution is 6.31. The summed E-state index contributed by atoms with van der Waals surface area (Å²) in [6.07, 6.45) is 2.46. The summed E-state index contributed by atoms with van der Waals surface area (Å²) in [4.78, 5) is 11.2. The molecule has 0 bridgehead atoms. The van der Waals surface area contributed by atoms with Gasteiger partial charge in [0, 0.05) is 11.6 Å². The van der Waals surface area contributed by atoms with E-state index >= 15 is 0 Å². The Hall–Kier alpha value is -1.26. The molecule has 0 aliphatic carbocycles. The number of hydrogen-bond acceptors (Lipinski definition) is 3. The van der Waals surface area contributed by atoms with E-state index in [2.05, 4.69) is 0 Å². The number of nitrogens with two attached hydrogens (primary N) is 1. The lowest BCUT2D eigenvalue weighted by atomic mass is 10.2. The monoisotopic (exact) mass is 257 g/mol. The lowest BCUT2D eigenvalue weighted by molar-refractivity contribution is 0.0996. The number of carbonyl (C=O) groups excluding carboxylic acids is 1. The van der Waals surface area contributed by atoms with Crippen molar-refractivity contribution in [1.29, 1.82) is 0 Å². The van der Waals surface area contributed by atoms with Crippen LogP contribution in [0.4, 0.5) is 0 Å². The second kappa shape index (κ2) is 7.14. The minimum Gasteiger partial charge on any atom is -0.493 e. The van der Waals surface area contributed by atoms with Gasteiger partial charge in [0.05, 0.1) is 12.2 Å². The SMILES string of the molecule is NC(=O)c1cc(Cl)ccc1OCCCCCO. The normalized spacial score (nSPS) is 10.2. The fourth-order valence-corrected chi connectivity index (χ4v) is 1.57. The predicted molar refractivity (Wildman–Crippen MR) is 66.4 cm³/mol. The molecule has 1 rings (SSSR count). The summed E-state index contributed by atoms with van der Waals surface area (Å²) in [6, 6.07) is 4.78. The molecule has 0 spiro atoms. The molecule has 1 aromatic carbocycles. The van der Waals surface area contributed by atoms with Crippen molar-refractivity contribution in [3.05, 3.63) is 28.8 Å². The number of amides is 1. The molecule has 0 unspecified atom stereocenters. The van der Waals surface area contributed by atoms with Gasteiger partial charge in [-0.3, -0.25) is 4.79 Å². The molecule has 1 aromatic rings. The number of benzene rings is 1. The average Bonchev–Trinajstić information content (AvgIpc) is 2.30. The number of primary amides is 1. The Labute approximate surface area is 105 Å². The van der Waals surface area contributed by atoms with E-state index in [1.807, 2.05) is 0 Å². The molecule has 5 heteroatoms. The highest BCUT2D eigenvalue weighted by Gasteiger charge is 2.09. The van der Waals surface area contributed by atoms with Crippen LogP contribution in [0, 0.1) is 0 Å². The molecule has 17 heavy (non-hydrogen) atoms.